The highest BCUT2D eigenvalue weighted by Crippen LogP contribution is 2.08. The van der Waals surface area contributed by atoms with E-state index in [2.05, 4.69) is 5.43 Å². The van der Waals surface area contributed by atoms with E-state index in [0.29, 0.717) is 31.9 Å². The number of hydrogen-bond acceptors (Lipinski definition) is 4. The van der Waals surface area contributed by atoms with Crippen molar-refractivity contribution in [1.29, 1.82) is 0 Å². The molecule has 1 aromatic rings. The van der Waals surface area contributed by atoms with Crippen LogP contribution in [0.25, 0.3) is 0 Å². The zero-order valence-electron chi connectivity index (χ0n) is 9.13. The Balaban J connectivity index is 1.87. The molecular formula is C10H13N3O4. The number of furan rings is 1. The van der Waals surface area contributed by atoms with Crippen LogP contribution in [0.3, 0.4) is 0 Å². The highest BCUT2D eigenvalue weighted by molar-refractivity contribution is 5.91. The largest absolute Gasteiger partial charge is 0.464 e. The maximum absolute atomic E-state index is 11.9. The van der Waals surface area contributed by atoms with Gasteiger partial charge in [0.25, 0.3) is 5.91 Å². The third-order valence-electron chi connectivity index (χ3n) is 2.55. The second-order valence-corrected chi connectivity index (χ2v) is 3.67. The number of nitrogens with one attached hydrogen (secondary N) is 1. The van der Waals surface area contributed by atoms with Gasteiger partial charge in [0.1, 0.15) is 0 Å². The van der Waals surface area contributed by atoms with E-state index in [1.807, 2.05) is 0 Å². The van der Waals surface area contributed by atoms with Gasteiger partial charge >= 0.3 is 6.09 Å². The summed E-state index contributed by atoms with van der Waals surface area (Å²) < 4.78 is 5.03. The molecule has 2 N–H and O–H groups in total. The summed E-state index contributed by atoms with van der Waals surface area (Å²) in [5.41, 5.74) is 2.26. The molecular weight excluding hydrogens is 226 g/mol. The first-order chi connectivity index (χ1) is 8.16. The highest BCUT2D eigenvalue weighted by atomic mass is 16.4. The predicted octanol–water partition coefficient (Wildman–Crippen LogP) is 0.220. The number of hydrogen-bond donors (Lipinski definition) is 2. The molecule has 1 saturated heterocycles. The molecule has 1 aromatic heterocycles. The number of carbonyl (C=O) groups is 2. The SMILES string of the molecule is O=C(O)NN1CCN(C(=O)c2ccco2)CC1. The van der Waals surface area contributed by atoms with Crippen LogP contribution in [0.15, 0.2) is 22.8 Å². The van der Waals surface area contributed by atoms with E-state index in [-0.39, 0.29) is 5.91 Å². The van der Waals surface area contributed by atoms with Crippen molar-refractivity contribution in [2.75, 3.05) is 26.2 Å². The van der Waals surface area contributed by atoms with E-state index in [0.717, 1.165) is 0 Å². The van der Waals surface area contributed by atoms with Crippen molar-refractivity contribution in [1.82, 2.24) is 15.3 Å². The highest BCUT2D eigenvalue weighted by Gasteiger charge is 2.24. The van der Waals surface area contributed by atoms with Crippen LogP contribution in [0.2, 0.25) is 0 Å². The van der Waals surface area contributed by atoms with Gasteiger partial charge in [-0.15, -0.1) is 0 Å². The van der Waals surface area contributed by atoms with Gasteiger partial charge in [-0.2, -0.15) is 0 Å². The van der Waals surface area contributed by atoms with E-state index < -0.39 is 6.09 Å². The molecule has 0 unspecified atom stereocenters. The molecule has 0 saturated carbocycles. The minimum atomic E-state index is -1.09. The lowest BCUT2D eigenvalue weighted by Gasteiger charge is -2.33. The lowest BCUT2D eigenvalue weighted by Crippen LogP contribution is -2.54. The van der Waals surface area contributed by atoms with E-state index in [1.54, 1.807) is 22.0 Å². The molecule has 0 atom stereocenters. The Morgan fingerprint density at radius 3 is 2.53 bits per heavy atom. The lowest BCUT2D eigenvalue weighted by atomic mass is 10.3. The summed E-state index contributed by atoms with van der Waals surface area (Å²) in [6.45, 7) is 1.89. The van der Waals surface area contributed by atoms with Gasteiger partial charge in [0.15, 0.2) is 5.76 Å². The Bertz CT molecular complexity index is 396. The van der Waals surface area contributed by atoms with Gasteiger partial charge in [-0.25, -0.2) is 9.80 Å². The molecule has 0 bridgehead atoms. The maximum Gasteiger partial charge on any atom is 0.419 e. The van der Waals surface area contributed by atoms with Crippen LogP contribution in [0, 0.1) is 0 Å². The average Bonchev–Trinajstić information content (AvgIpc) is 2.82. The Morgan fingerprint density at radius 2 is 2.00 bits per heavy atom. The monoisotopic (exact) mass is 239 g/mol. The van der Waals surface area contributed by atoms with Crippen LogP contribution in [-0.2, 0) is 0 Å². The molecule has 2 amide bonds. The van der Waals surface area contributed by atoms with Crippen LogP contribution < -0.4 is 5.43 Å². The molecule has 92 valence electrons. The molecule has 0 aromatic carbocycles. The van der Waals surface area contributed by atoms with Gasteiger partial charge in [0.05, 0.1) is 6.26 Å². The summed E-state index contributed by atoms with van der Waals surface area (Å²) in [6.07, 6.45) is 0.367. The number of carbonyl (C=O) groups excluding carboxylic acids is 1. The summed E-state index contributed by atoms with van der Waals surface area (Å²) in [4.78, 5) is 23.9. The number of hydrazine groups is 1. The first-order valence-electron chi connectivity index (χ1n) is 5.24. The third-order valence-corrected chi connectivity index (χ3v) is 2.55. The number of nitrogens with zero attached hydrogens (tertiary/aromatic N) is 2. The molecule has 17 heavy (non-hydrogen) atoms. The number of rotatable bonds is 2. The van der Waals surface area contributed by atoms with Gasteiger partial charge in [0.2, 0.25) is 0 Å². The molecule has 0 spiro atoms. The van der Waals surface area contributed by atoms with E-state index in [4.69, 9.17) is 9.52 Å². The van der Waals surface area contributed by atoms with Crippen molar-refractivity contribution in [2.45, 2.75) is 0 Å². The van der Waals surface area contributed by atoms with Crippen LogP contribution in [-0.4, -0.2) is 53.2 Å². The van der Waals surface area contributed by atoms with Gasteiger partial charge in [-0.3, -0.25) is 10.2 Å². The fraction of sp³-hybridized carbons (Fsp3) is 0.400. The summed E-state index contributed by atoms with van der Waals surface area (Å²) >= 11 is 0. The number of carboxylic acid groups (broad SMARTS) is 1. The fourth-order valence-electron chi connectivity index (χ4n) is 1.71. The summed E-state index contributed by atoms with van der Waals surface area (Å²) in [5, 5.41) is 10.1. The Morgan fingerprint density at radius 1 is 1.29 bits per heavy atom. The van der Waals surface area contributed by atoms with Crippen LogP contribution in [0.5, 0.6) is 0 Å². The van der Waals surface area contributed by atoms with Crippen molar-refractivity contribution < 1.29 is 19.1 Å². The summed E-state index contributed by atoms with van der Waals surface area (Å²) in [5.74, 6) is 0.148. The first kappa shape index (κ1) is 11.5. The minimum absolute atomic E-state index is 0.162. The molecule has 2 rings (SSSR count). The predicted molar refractivity (Wildman–Crippen MR) is 57.3 cm³/mol. The zero-order valence-corrected chi connectivity index (χ0v) is 9.13. The lowest BCUT2D eigenvalue weighted by molar-refractivity contribution is 0.0525. The Hall–Kier alpha value is -2.02. The van der Waals surface area contributed by atoms with E-state index in [1.165, 1.54) is 6.26 Å². The Labute approximate surface area is 97.6 Å². The van der Waals surface area contributed by atoms with Crippen molar-refractivity contribution >= 4 is 12.0 Å². The standard InChI is InChI=1S/C10H13N3O4/c14-9(8-2-1-7-17-8)12-3-5-13(6-4-12)11-10(15)16/h1-2,7,11H,3-6H2,(H,15,16). The van der Waals surface area contributed by atoms with E-state index in [9.17, 15) is 9.59 Å². The number of piperazine rings is 1. The molecule has 7 nitrogen and oxygen atoms in total. The zero-order chi connectivity index (χ0) is 12.3. The van der Waals surface area contributed by atoms with Crippen LogP contribution >= 0.6 is 0 Å². The number of amides is 2. The summed E-state index contributed by atoms with van der Waals surface area (Å²) in [6, 6.07) is 3.28. The van der Waals surface area contributed by atoms with Crippen molar-refractivity contribution in [2.24, 2.45) is 0 Å². The van der Waals surface area contributed by atoms with Crippen LogP contribution in [0.4, 0.5) is 4.79 Å². The molecule has 0 aliphatic carbocycles. The third kappa shape index (κ3) is 2.76. The average molecular weight is 239 g/mol. The van der Waals surface area contributed by atoms with Crippen molar-refractivity contribution in [3.63, 3.8) is 0 Å². The van der Waals surface area contributed by atoms with Gasteiger partial charge in [-0.1, -0.05) is 0 Å². The molecule has 1 aliphatic rings. The molecule has 1 aliphatic heterocycles. The van der Waals surface area contributed by atoms with Crippen molar-refractivity contribution in [3.05, 3.63) is 24.2 Å². The van der Waals surface area contributed by atoms with Gasteiger partial charge < -0.3 is 14.4 Å². The normalized spacial score (nSPS) is 16.8. The maximum atomic E-state index is 11.9. The quantitative estimate of drug-likeness (QED) is 0.771. The topological polar surface area (TPSA) is 86.0 Å². The molecule has 1 fully saturated rings. The fourth-order valence-corrected chi connectivity index (χ4v) is 1.71. The van der Waals surface area contributed by atoms with E-state index >= 15 is 0 Å². The van der Waals surface area contributed by atoms with Crippen molar-refractivity contribution in [3.8, 4) is 0 Å². The second-order valence-electron chi connectivity index (χ2n) is 3.67. The molecule has 7 heteroatoms. The van der Waals surface area contributed by atoms with Crippen LogP contribution in [0.1, 0.15) is 10.6 Å². The molecule has 0 radical (unpaired) electrons. The smallest absolute Gasteiger partial charge is 0.419 e. The second kappa shape index (κ2) is 4.88. The first-order valence-corrected chi connectivity index (χ1v) is 5.24. The molecule has 2 heterocycles. The van der Waals surface area contributed by atoms with Gasteiger partial charge in [-0.05, 0) is 12.1 Å². The summed E-state index contributed by atoms with van der Waals surface area (Å²) in [7, 11) is 0. The minimum Gasteiger partial charge on any atom is -0.464 e. The van der Waals surface area contributed by atoms with Gasteiger partial charge in [0, 0.05) is 26.2 Å². The Kier molecular flexibility index (Phi) is 3.29.